The fraction of sp³-hybridized carbons (Fsp3) is 0.316. The molecular formula is C19H22N2O2. The quantitative estimate of drug-likeness (QED) is 0.943. The molecule has 1 saturated heterocycles. The minimum atomic E-state index is 0.117. The summed E-state index contributed by atoms with van der Waals surface area (Å²) >= 11 is 0. The summed E-state index contributed by atoms with van der Waals surface area (Å²) in [6.07, 6.45) is 0.833. The zero-order valence-corrected chi connectivity index (χ0v) is 13.2. The first-order valence-electron chi connectivity index (χ1n) is 8.07. The lowest BCUT2D eigenvalue weighted by molar-refractivity contribution is 0.0638. The van der Waals surface area contributed by atoms with Gasteiger partial charge < -0.3 is 10.0 Å². The maximum atomic E-state index is 12.4. The number of amides is 1. The topological polar surface area (TPSA) is 43.8 Å². The van der Waals surface area contributed by atoms with E-state index in [1.54, 1.807) is 6.07 Å². The monoisotopic (exact) mass is 310 g/mol. The molecule has 1 aliphatic rings. The van der Waals surface area contributed by atoms with Crippen molar-refractivity contribution in [3.63, 3.8) is 0 Å². The zero-order chi connectivity index (χ0) is 16.1. The molecule has 0 unspecified atom stereocenters. The highest BCUT2D eigenvalue weighted by molar-refractivity contribution is 5.94. The van der Waals surface area contributed by atoms with Gasteiger partial charge in [0.1, 0.15) is 5.75 Å². The van der Waals surface area contributed by atoms with Gasteiger partial charge in [-0.15, -0.1) is 0 Å². The Hall–Kier alpha value is -2.33. The number of rotatable bonds is 4. The summed E-state index contributed by atoms with van der Waals surface area (Å²) in [5.41, 5.74) is 1.74. The molecule has 2 aromatic rings. The van der Waals surface area contributed by atoms with E-state index in [4.69, 9.17) is 0 Å². The van der Waals surface area contributed by atoms with Gasteiger partial charge in [0.15, 0.2) is 0 Å². The van der Waals surface area contributed by atoms with Crippen LogP contribution in [0, 0.1) is 0 Å². The Morgan fingerprint density at radius 1 is 0.913 bits per heavy atom. The van der Waals surface area contributed by atoms with Gasteiger partial charge in [-0.25, -0.2) is 0 Å². The molecule has 1 N–H and O–H groups in total. The molecular weight excluding hydrogens is 288 g/mol. The van der Waals surface area contributed by atoms with Crippen molar-refractivity contribution in [1.82, 2.24) is 9.80 Å². The fourth-order valence-corrected chi connectivity index (χ4v) is 2.94. The molecule has 0 atom stereocenters. The van der Waals surface area contributed by atoms with Crippen molar-refractivity contribution in [3.8, 4) is 5.75 Å². The third-order valence-electron chi connectivity index (χ3n) is 4.37. The number of hydrogen-bond acceptors (Lipinski definition) is 3. The lowest BCUT2D eigenvalue weighted by Crippen LogP contribution is -2.49. The number of para-hydroxylation sites is 1. The van der Waals surface area contributed by atoms with Gasteiger partial charge >= 0.3 is 0 Å². The molecule has 0 aromatic heterocycles. The number of phenols is 1. The lowest BCUT2D eigenvalue weighted by atomic mass is 10.1. The van der Waals surface area contributed by atoms with Crippen LogP contribution in [0.5, 0.6) is 5.75 Å². The second-order valence-electron chi connectivity index (χ2n) is 5.88. The van der Waals surface area contributed by atoms with Crippen molar-refractivity contribution in [2.24, 2.45) is 0 Å². The number of benzene rings is 2. The van der Waals surface area contributed by atoms with Crippen molar-refractivity contribution in [3.05, 3.63) is 65.7 Å². The fourth-order valence-electron chi connectivity index (χ4n) is 2.94. The van der Waals surface area contributed by atoms with Gasteiger partial charge in [0.2, 0.25) is 0 Å². The van der Waals surface area contributed by atoms with Gasteiger partial charge in [-0.05, 0) is 30.2 Å². The van der Waals surface area contributed by atoms with E-state index < -0.39 is 0 Å². The SMILES string of the molecule is O=C(c1ccccc1)N1CCN(CCc2ccccc2O)CC1. The van der Waals surface area contributed by atoms with E-state index >= 15 is 0 Å². The van der Waals surface area contributed by atoms with Gasteiger partial charge in [0, 0.05) is 38.3 Å². The first-order valence-corrected chi connectivity index (χ1v) is 8.07. The smallest absolute Gasteiger partial charge is 0.253 e. The summed E-state index contributed by atoms with van der Waals surface area (Å²) in [4.78, 5) is 16.7. The Morgan fingerprint density at radius 3 is 2.26 bits per heavy atom. The van der Waals surface area contributed by atoms with Crippen molar-refractivity contribution >= 4 is 5.91 Å². The van der Waals surface area contributed by atoms with Crippen LogP contribution in [0.25, 0.3) is 0 Å². The van der Waals surface area contributed by atoms with Crippen LogP contribution in [0.1, 0.15) is 15.9 Å². The summed E-state index contributed by atoms with van der Waals surface area (Å²) in [5, 5.41) is 9.81. The first-order chi connectivity index (χ1) is 11.2. The van der Waals surface area contributed by atoms with Crippen LogP contribution in [0.4, 0.5) is 0 Å². The molecule has 0 aliphatic carbocycles. The molecule has 120 valence electrons. The number of hydrogen-bond donors (Lipinski definition) is 1. The third-order valence-corrected chi connectivity index (χ3v) is 4.37. The van der Waals surface area contributed by atoms with E-state index in [1.807, 2.05) is 53.4 Å². The van der Waals surface area contributed by atoms with Crippen molar-refractivity contribution in [2.45, 2.75) is 6.42 Å². The number of carbonyl (C=O) groups excluding carboxylic acids is 1. The van der Waals surface area contributed by atoms with Crippen LogP contribution in [0.2, 0.25) is 0 Å². The number of phenolic OH excluding ortho intramolecular Hbond substituents is 1. The van der Waals surface area contributed by atoms with Crippen molar-refractivity contribution in [1.29, 1.82) is 0 Å². The van der Waals surface area contributed by atoms with Crippen LogP contribution < -0.4 is 0 Å². The number of aromatic hydroxyl groups is 1. The first kappa shape index (κ1) is 15.6. The molecule has 2 aromatic carbocycles. The Morgan fingerprint density at radius 2 is 1.57 bits per heavy atom. The Balaban J connectivity index is 1.49. The van der Waals surface area contributed by atoms with Crippen LogP contribution in [0.3, 0.4) is 0 Å². The van der Waals surface area contributed by atoms with Gasteiger partial charge in [-0.3, -0.25) is 9.69 Å². The summed E-state index contributed by atoms with van der Waals surface area (Å²) in [7, 11) is 0. The van der Waals surface area contributed by atoms with E-state index in [9.17, 15) is 9.90 Å². The third kappa shape index (κ3) is 3.90. The Kier molecular flexibility index (Phi) is 4.93. The van der Waals surface area contributed by atoms with E-state index in [0.717, 1.165) is 50.3 Å². The van der Waals surface area contributed by atoms with E-state index in [0.29, 0.717) is 5.75 Å². The highest BCUT2D eigenvalue weighted by atomic mass is 16.3. The zero-order valence-electron chi connectivity index (χ0n) is 13.2. The highest BCUT2D eigenvalue weighted by Gasteiger charge is 2.21. The lowest BCUT2D eigenvalue weighted by Gasteiger charge is -2.34. The van der Waals surface area contributed by atoms with Crippen LogP contribution >= 0.6 is 0 Å². The standard InChI is InChI=1S/C19H22N2O2/c22-18-9-5-4-6-16(18)10-11-20-12-14-21(15-13-20)19(23)17-7-2-1-3-8-17/h1-9,22H,10-15H2. The molecule has 4 heteroatoms. The maximum Gasteiger partial charge on any atom is 0.253 e. The molecule has 0 spiro atoms. The largest absolute Gasteiger partial charge is 0.508 e. The molecule has 1 amide bonds. The van der Waals surface area contributed by atoms with Gasteiger partial charge in [0.25, 0.3) is 5.91 Å². The molecule has 3 rings (SSSR count). The molecule has 1 heterocycles. The van der Waals surface area contributed by atoms with Crippen LogP contribution in [0.15, 0.2) is 54.6 Å². The van der Waals surface area contributed by atoms with Crippen molar-refractivity contribution < 1.29 is 9.90 Å². The van der Waals surface area contributed by atoms with E-state index in [2.05, 4.69) is 4.90 Å². The van der Waals surface area contributed by atoms with Gasteiger partial charge in [0.05, 0.1) is 0 Å². The number of piperazine rings is 1. The normalized spacial score (nSPS) is 15.6. The average Bonchev–Trinajstić information content (AvgIpc) is 2.62. The average molecular weight is 310 g/mol. The predicted molar refractivity (Wildman–Crippen MR) is 90.6 cm³/mol. The second kappa shape index (κ2) is 7.29. The minimum absolute atomic E-state index is 0.117. The molecule has 0 saturated carbocycles. The molecule has 1 aliphatic heterocycles. The minimum Gasteiger partial charge on any atom is -0.508 e. The second-order valence-corrected chi connectivity index (χ2v) is 5.88. The molecule has 0 bridgehead atoms. The predicted octanol–water partition coefficient (Wildman–Crippen LogP) is 2.39. The van der Waals surface area contributed by atoms with Gasteiger partial charge in [-0.1, -0.05) is 36.4 Å². The summed E-state index contributed by atoms with van der Waals surface area (Å²) in [5.74, 6) is 0.483. The summed E-state index contributed by atoms with van der Waals surface area (Å²) < 4.78 is 0. The summed E-state index contributed by atoms with van der Waals surface area (Å²) in [6.45, 7) is 4.19. The molecule has 1 fully saturated rings. The number of carbonyl (C=O) groups is 1. The van der Waals surface area contributed by atoms with E-state index in [1.165, 1.54) is 0 Å². The Bertz CT molecular complexity index is 649. The van der Waals surface area contributed by atoms with E-state index in [-0.39, 0.29) is 5.91 Å². The van der Waals surface area contributed by atoms with Crippen molar-refractivity contribution in [2.75, 3.05) is 32.7 Å². The van der Waals surface area contributed by atoms with Gasteiger partial charge in [-0.2, -0.15) is 0 Å². The highest BCUT2D eigenvalue weighted by Crippen LogP contribution is 2.17. The molecule has 23 heavy (non-hydrogen) atoms. The number of nitrogens with zero attached hydrogens (tertiary/aromatic N) is 2. The Labute approximate surface area is 137 Å². The molecule has 4 nitrogen and oxygen atoms in total. The summed E-state index contributed by atoms with van der Waals surface area (Å²) in [6, 6.07) is 16.9. The molecule has 0 radical (unpaired) electrons. The maximum absolute atomic E-state index is 12.4. The van der Waals surface area contributed by atoms with Crippen LogP contribution in [-0.4, -0.2) is 53.5 Å². The van der Waals surface area contributed by atoms with Crippen LogP contribution in [-0.2, 0) is 6.42 Å².